The lowest BCUT2D eigenvalue weighted by atomic mass is 10.1. The van der Waals surface area contributed by atoms with Crippen molar-refractivity contribution in [2.75, 3.05) is 18.5 Å². The van der Waals surface area contributed by atoms with Crippen LogP contribution >= 0.6 is 0 Å². The van der Waals surface area contributed by atoms with Crippen LogP contribution in [-0.2, 0) is 20.8 Å². The largest absolute Gasteiger partial charge is 0.492 e. The summed E-state index contributed by atoms with van der Waals surface area (Å²) in [5.74, 6) is 0.636. The molecule has 0 aromatic heterocycles. The summed E-state index contributed by atoms with van der Waals surface area (Å²) in [7, 11) is 0. The Morgan fingerprint density at radius 3 is 2.72 bits per heavy atom. The smallest absolute Gasteiger partial charge is 0.229 e. The van der Waals surface area contributed by atoms with Crippen LogP contribution in [0.25, 0.3) is 0 Å². The summed E-state index contributed by atoms with van der Waals surface area (Å²) >= 11 is 0. The fraction of sp³-hybridized carbons (Fsp3) is 0.500. The molecule has 1 unspecified atom stereocenters. The van der Waals surface area contributed by atoms with E-state index in [0.29, 0.717) is 18.0 Å². The number of hydrogen-bond acceptors (Lipinski definition) is 5. The van der Waals surface area contributed by atoms with Gasteiger partial charge in [-0.05, 0) is 19.9 Å². The van der Waals surface area contributed by atoms with Gasteiger partial charge >= 0.3 is 0 Å². The summed E-state index contributed by atoms with van der Waals surface area (Å²) < 4.78 is 11.3. The van der Waals surface area contributed by atoms with Gasteiger partial charge in [0, 0.05) is 43.9 Å². The molecule has 0 saturated carbocycles. The lowest BCUT2D eigenvalue weighted by Crippen LogP contribution is -2.32. The van der Waals surface area contributed by atoms with Crippen molar-refractivity contribution in [1.82, 2.24) is 4.90 Å². The fourth-order valence-electron chi connectivity index (χ4n) is 3.11. The molecule has 1 saturated heterocycles. The number of imide groups is 1. The number of likely N-dealkylation sites (tertiary alicyclic amines) is 1. The van der Waals surface area contributed by atoms with Gasteiger partial charge in [0.1, 0.15) is 17.6 Å². The van der Waals surface area contributed by atoms with E-state index in [0.717, 1.165) is 22.6 Å². The van der Waals surface area contributed by atoms with Crippen LogP contribution in [0.1, 0.15) is 38.7 Å². The number of carbonyl (C=O) groups excluding carboxylic acids is 3. The molecule has 0 aliphatic carbocycles. The highest BCUT2D eigenvalue weighted by Crippen LogP contribution is 2.38. The standard InChI is InChI=1S/C18H22N2O5/c1-3-24-15-9-12-8-11(2)25-14(12)10-13(15)19-16(21)6-7-20-17(22)4-5-18(20)23/h9-11H,3-8H2,1-2H3,(H,19,21). The van der Waals surface area contributed by atoms with Crippen molar-refractivity contribution in [2.45, 2.75) is 45.6 Å². The number of nitrogens with one attached hydrogen (secondary N) is 1. The number of benzene rings is 1. The molecule has 2 heterocycles. The molecule has 1 aromatic carbocycles. The Labute approximate surface area is 146 Å². The first-order valence-corrected chi connectivity index (χ1v) is 8.57. The van der Waals surface area contributed by atoms with Crippen LogP contribution in [0, 0.1) is 0 Å². The Morgan fingerprint density at radius 2 is 2.04 bits per heavy atom. The van der Waals surface area contributed by atoms with E-state index in [1.54, 1.807) is 6.07 Å². The predicted octanol–water partition coefficient (Wildman–Crippen LogP) is 1.89. The van der Waals surface area contributed by atoms with E-state index in [9.17, 15) is 14.4 Å². The number of nitrogens with zero attached hydrogens (tertiary/aromatic N) is 1. The first kappa shape index (κ1) is 17.3. The number of anilines is 1. The van der Waals surface area contributed by atoms with Gasteiger partial charge in [0.15, 0.2) is 0 Å². The minimum Gasteiger partial charge on any atom is -0.492 e. The van der Waals surface area contributed by atoms with Gasteiger partial charge in [-0.3, -0.25) is 19.3 Å². The van der Waals surface area contributed by atoms with E-state index in [4.69, 9.17) is 9.47 Å². The van der Waals surface area contributed by atoms with Crippen LogP contribution in [0.5, 0.6) is 11.5 Å². The second-order valence-electron chi connectivity index (χ2n) is 6.26. The van der Waals surface area contributed by atoms with Crippen LogP contribution < -0.4 is 14.8 Å². The van der Waals surface area contributed by atoms with Crippen LogP contribution in [0.2, 0.25) is 0 Å². The summed E-state index contributed by atoms with van der Waals surface area (Å²) in [4.78, 5) is 36.6. The third-order valence-electron chi connectivity index (χ3n) is 4.29. The Hall–Kier alpha value is -2.57. The molecule has 3 amide bonds. The van der Waals surface area contributed by atoms with Crippen molar-refractivity contribution in [3.63, 3.8) is 0 Å². The average molecular weight is 346 g/mol. The molecule has 0 spiro atoms. The first-order valence-electron chi connectivity index (χ1n) is 8.57. The zero-order valence-electron chi connectivity index (χ0n) is 14.5. The summed E-state index contributed by atoms with van der Waals surface area (Å²) in [5, 5.41) is 2.80. The van der Waals surface area contributed by atoms with Crippen LogP contribution in [-0.4, -0.2) is 41.9 Å². The van der Waals surface area contributed by atoms with Crippen molar-refractivity contribution in [1.29, 1.82) is 0 Å². The monoisotopic (exact) mass is 346 g/mol. The normalized spacial score (nSPS) is 19.0. The first-order chi connectivity index (χ1) is 12.0. The summed E-state index contributed by atoms with van der Waals surface area (Å²) in [6, 6.07) is 3.67. The van der Waals surface area contributed by atoms with Gasteiger partial charge in [-0.2, -0.15) is 0 Å². The maximum atomic E-state index is 12.2. The van der Waals surface area contributed by atoms with E-state index in [-0.39, 0.29) is 49.6 Å². The lowest BCUT2D eigenvalue weighted by molar-refractivity contribution is -0.138. The molecule has 1 atom stereocenters. The Morgan fingerprint density at radius 1 is 1.32 bits per heavy atom. The Bertz CT molecular complexity index is 700. The van der Waals surface area contributed by atoms with Gasteiger partial charge in [-0.25, -0.2) is 0 Å². The minimum atomic E-state index is -0.278. The van der Waals surface area contributed by atoms with E-state index in [1.807, 2.05) is 19.9 Å². The van der Waals surface area contributed by atoms with Gasteiger partial charge in [-0.15, -0.1) is 0 Å². The zero-order chi connectivity index (χ0) is 18.0. The number of fused-ring (bicyclic) bond motifs is 1. The Kier molecular flexibility index (Phi) is 4.92. The van der Waals surface area contributed by atoms with Gasteiger partial charge in [0.05, 0.1) is 12.3 Å². The maximum absolute atomic E-state index is 12.2. The molecule has 1 fully saturated rings. The molecule has 1 N–H and O–H groups in total. The molecule has 134 valence electrons. The van der Waals surface area contributed by atoms with E-state index in [1.165, 1.54) is 0 Å². The molecule has 3 rings (SSSR count). The predicted molar refractivity (Wildman–Crippen MR) is 90.6 cm³/mol. The van der Waals surface area contributed by atoms with Crippen molar-refractivity contribution in [3.8, 4) is 11.5 Å². The van der Waals surface area contributed by atoms with Crippen molar-refractivity contribution < 1.29 is 23.9 Å². The molecule has 2 aliphatic heterocycles. The maximum Gasteiger partial charge on any atom is 0.229 e. The van der Waals surface area contributed by atoms with E-state index < -0.39 is 0 Å². The van der Waals surface area contributed by atoms with Crippen molar-refractivity contribution in [3.05, 3.63) is 17.7 Å². The number of amides is 3. The number of hydrogen-bond donors (Lipinski definition) is 1. The fourth-order valence-corrected chi connectivity index (χ4v) is 3.11. The van der Waals surface area contributed by atoms with Gasteiger partial charge in [0.25, 0.3) is 0 Å². The quantitative estimate of drug-likeness (QED) is 0.795. The molecular weight excluding hydrogens is 324 g/mol. The highest BCUT2D eigenvalue weighted by Gasteiger charge is 2.29. The highest BCUT2D eigenvalue weighted by atomic mass is 16.5. The van der Waals surface area contributed by atoms with Gasteiger partial charge in [0.2, 0.25) is 17.7 Å². The van der Waals surface area contributed by atoms with Gasteiger partial charge in [-0.1, -0.05) is 0 Å². The molecule has 7 heteroatoms. The van der Waals surface area contributed by atoms with Crippen molar-refractivity contribution >= 4 is 23.4 Å². The van der Waals surface area contributed by atoms with Gasteiger partial charge < -0.3 is 14.8 Å². The number of ether oxygens (including phenoxy) is 2. The average Bonchev–Trinajstić information content (AvgIpc) is 3.07. The van der Waals surface area contributed by atoms with Crippen LogP contribution in [0.3, 0.4) is 0 Å². The highest BCUT2D eigenvalue weighted by molar-refractivity contribution is 6.02. The molecule has 0 bridgehead atoms. The van der Waals surface area contributed by atoms with Crippen molar-refractivity contribution in [2.24, 2.45) is 0 Å². The minimum absolute atomic E-state index is 0.0530. The number of rotatable bonds is 6. The second kappa shape index (κ2) is 7.13. The topological polar surface area (TPSA) is 84.9 Å². The SMILES string of the molecule is CCOc1cc2c(cc1NC(=O)CCN1C(=O)CCC1=O)OC(C)C2. The molecule has 25 heavy (non-hydrogen) atoms. The molecule has 1 aromatic rings. The van der Waals surface area contributed by atoms with Crippen LogP contribution in [0.4, 0.5) is 5.69 Å². The second-order valence-corrected chi connectivity index (χ2v) is 6.26. The third-order valence-corrected chi connectivity index (χ3v) is 4.29. The Balaban J connectivity index is 1.67. The summed E-state index contributed by atoms with van der Waals surface area (Å²) in [6.45, 7) is 4.45. The molecule has 0 radical (unpaired) electrons. The zero-order valence-corrected chi connectivity index (χ0v) is 14.5. The van der Waals surface area contributed by atoms with E-state index >= 15 is 0 Å². The molecule has 7 nitrogen and oxygen atoms in total. The van der Waals surface area contributed by atoms with E-state index in [2.05, 4.69) is 5.32 Å². The van der Waals surface area contributed by atoms with Crippen LogP contribution in [0.15, 0.2) is 12.1 Å². The summed E-state index contributed by atoms with van der Waals surface area (Å²) in [6.07, 6.45) is 1.42. The molecule has 2 aliphatic rings. The lowest BCUT2D eigenvalue weighted by Gasteiger charge is -2.15. The third kappa shape index (κ3) is 3.75. The number of carbonyl (C=O) groups is 3. The summed E-state index contributed by atoms with van der Waals surface area (Å²) in [5.41, 5.74) is 1.60. The molecular formula is C18H22N2O5.